The number of nitrogens with one attached hydrogen (secondary N) is 1. The molecule has 1 saturated heterocycles. The van der Waals surface area contributed by atoms with Gasteiger partial charge in [-0.3, -0.25) is 9.69 Å². The Balaban J connectivity index is 1.82. The van der Waals surface area contributed by atoms with Gasteiger partial charge in [0.15, 0.2) is 0 Å². The lowest BCUT2D eigenvalue weighted by atomic mass is 9.99. The zero-order valence-corrected chi connectivity index (χ0v) is 12.1. The minimum absolute atomic E-state index is 0.00940. The standard InChI is InChI=1S/C13H18BrN3O/c1-10-5-7-17(8-6-10)9-13(18)16-12-4-2-3-11(14)15-12/h2-4,10H,5-9H2,1H3,(H,15,16,18). The molecule has 1 N–H and O–H groups in total. The topological polar surface area (TPSA) is 45.2 Å². The first-order valence-corrected chi connectivity index (χ1v) is 7.07. The molecule has 1 aromatic heterocycles. The molecule has 2 rings (SSSR count). The third-order valence-corrected chi connectivity index (χ3v) is 3.67. The summed E-state index contributed by atoms with van der Waals surface area (Å²) in [5, 5.41) is 2.82. The van der Waals surface area contributed by atoms with Crippen LogP contribution >= 0.6 is 15.9 Å². The Morgan fingerprint density at radius 3 is 2.89 bits per heavy atom. The molecule has 0 radical (unpaired) electrons. The van der Waals surface area contributed by atoms with Crippen molar-refractivity contribution < 1.29 is 4.79 Å². The Kier molecular flexibility index (Phi) is 4.72. The van der Waals surface area contributed by atoms with Gasteiger partial charge in [0.1, 0.15) is 10.4 Å². The lowest BCUT2D eigenvalue weighted by Gasteiger charge is -2.29. The van der Waals surface area contributed by atoms with E-state index in [1.54, 1.807) is 6.07 Å². The van der Waals surface area contributed by atoms with E-state index in [9.17, 15) is 4.79 Å². The average Bonchev–Trinajstić information content (AvgIpc) is 2.32. The first-order valence-electron chi connectivity index (χ1n) is 6.28. The summed E-state index contributed by atoms with van der Waals surface area (Å²) in [6.07, 6.45) is 2.37. The normalized spacial score (nSPS) is 17.7. The number of amides is 1. The van der Waals surface area contributed by atoms with Crippen molar-refractivity contribution in [3.63, 3.8) is 0 Å². The fraction of sp³-hybridized carbons (Fsp3) is 0.538. The number of nitrogens with zero attached hydrogens (tertiary/aromatic N) is 2. The number of hydrogen-bond donors (Lipinski definition) is 1. The Morgan fingerprint density at radius 1 is 1.50 bits per heavy atom. The Bertz CT molecular complexity index is 416. The van der Waals surface area contributed by atoms with Crippen molar-refractivity contribution >= 4 is 27.7 Å². The molecule has 1 amide bonds. The molecule has 2 heterocycles. The van der Waals surface area contributed by atoms with E-state index in [0.717, 1.165) is 23.6 Å². The van der Waals surface area contributed by atoms with Gasteiger partial charge in [-0.1, -0.05) is 13.0 Å². The maximum absolute atomic E-state index is 11.9. The van der Waals surface area contributed by atoms with Crippen LogP contribution in [-0.2, 0) is 4.79 Å². The third kappa shape index (κ3) is 4.07. The van der Waals surface area contributed by atoms with Crippen molar-refractivity contribution in [2.45, 2.75) is 19.8 Å². The van der Waals surface area contributed by atoms with E-state index in [2.05, 4.69) is 38.1 Å². The van der Waals surface area contributed by atoms with Gasteiger partial charge in [0.2, 0.25) is 5.91 Å². The van der Waals surface area contributed by atoms with E-state index in [1.807, 2.05) is 12.1 Å². The van der Waals surface area contributed by atoms with Gasteiger partial charge >= 0.3 is 0 Å². The van der Waals surface area contributed by atoms with Gasteiger partial charge in [0.05, 0.1) is 6.54 Å². The van der Waals surface area contributed by atoms with Crippen molar-refractivity contribution in [3.8, 4) is 0 Å². The minimum atomic E-state index is 0.00940. The molecule has 0 unspecified atom stereocenters. The van der Waals surface area contributed by atoms with Crippen LogP contribution in [0.5, 0.6) is 0 Å². The number of carbonyl (C=O) groups is 1. The van der Waals surface area contributed by atoms with Gasteiger partial charge < -0.3 is 5.32 Å². The van der Waals surface area contributed by atoms with Crippen LogP contribution in [0.1, 0.15) is 19.8 Å². The van der Waals surface area contributed by atoms with Gasteiger partial charge in [-0.15, -0.1) is 0 Å². The van der Waals surface area contributed by atoms with E-state index in [0.29, 0.717) is 12.4 Å². The van der Waals surface area contributed by atoms with Gasteiger partial charge in [-0.05, 0) is 59.9 Å². The summed E-state index contributed by atoms with van der Waals surface area (Å²) >= 11 is 3.28. The quantitative estimate of drug-likeness (QED) is 0.872. The molecule has 0 saturated carbocycles. The summed E-state index contributed by atoms with van der Waals surface area (Å²) in [7, 11) is 0. The van der Waals surface area contributed by atoms with Gasteiger partial charge in [0, 0.05) is 0 Å². The first-order chi connectivity index (χ1) is 8.63. The molecule has 4 nitrogen and oxygen atoms in total. The van der Waals surface area contributed by atoms with Crippen molar-refractivity contribution in [1.82, 2.24) is 9.88 Å². The number of hydrogen-bond acceptors (Lipinski definition) is 3. The summed E-state index contributed by atoms with van der Waals surface area (Å²) in [6, 6.07) is 5.48. The fourth-order valence-electron chi connectivity index (χ4n) is 2.08. The maximum Gasteiger partial charge on any atom is 0.239 e. The number of carbonyl (C=O) groups excluding carboxylic acids is 1. The number of piperidine rings is 1. The summed E-state index contributed by atoms with van der Waals surface area (Å²) in [5.41, 5.74) is 0. The second-order valence-corrected chi connectivity index (χ2v) is 5.66. The van der Waals surface area contributed by atoms with Crippen LogP contribution in [0, 0.1) is 5.92 Å². The largest absolute Gasteiger partial charge is 0.310 e. The number of rotatable bonds is 3. The highest BCUT2D eigenvalue weighted by Gasteiger charge is 2.17. The van der Waals surface area contributed by atoms with E-state index < -0.39 is 0 Å². The molecule has 1 aromatic rings. The molecule has 1 fully saturated rings. The predicted octanol–water partition coefficient (Wildman–Crippen LogP) is 2.51. The summed E-state index contributed by atoms with van der Waals surface area (Å²) < 4.78 is 0.729. The average molecular weight is 312 g/mol. The van der Waals surface area contributed by atoms with Crippen LogP contribution in [0.25, 0.3) is 0 Å². The van der Waals surface area contributed by atoms with E-state index in [-0.39, 0.29) is 5.91 Å². The number of anilines is 1. The predicted molar refractivity (Wildman–Crippen MR) is 75.4 cm³/mol. The molecule has 0 spiro atoms. The van der Waals surface area contributed by atoms with Gasteiger partial charge in [-0.2, -0.15) is 0 Å². The van der Waals surface area contributed by atoms with Crippen LogP contribution in [0.15, 0.2) is 22.8 Å². The van der Waals surface area contributed by atoms with E-state index in [1.165, 1.54) is 12.8 Å². The van der Waals surface area contributed by atoms with Crippen LogP contribution in [-0.4, -0.2) is 35.4 Å². The second-order valence-electron chi connectivity index (χ2n) is 4.85. The molecular formula is C13H18BrN3O. The smallest absolute Gasteiger partial charge is 0.239 e. The molecule has 18 heavy (non-hydrogen) atoms. The van der Waals surface area contributed by atoms with Crippen molar-refractivity contribution in [2.24, 2.45) is 5.92 Å². The van der Waals surface area contributed by atoms with Crippen molar-refractivity contribution in [1.29, 1.82) is 0 Å². The second kappa shape index (κ2) is 6.29. The molecule has 1 aliphatic heterocycles. The zero-order chi connectivity index (χ0) is 13.0. The van der Waals surface area contributed by atoms with Crippen LogP contribution in [0.2, 0.25) is 0 Å². The summed E-state index contributed by atoms with van der Waals surface area (Å²) in [5.74, 6) is 1.39. The molecule has 0 atom stereocenters. The van der Waals surface area contributed by atoms with Crippen molar-refractivity contribution in [3.05, 3.63) is 22.8 Å². The van der Waals surface area contributed by atoms with Crippen LogP contribution < -0.4 is 5.32 Å². The maximum atomic E-state index is 11.9. The van der Waals surface area contributed by atoms with Crippen molar-refractivity contribution in [2.75, 3.05) is 25.0 Å². The molecule has 5 heteroatoms. The monoisotopic (exact) mass is 311 g/mol. The molecule has 1 aliphatic rings. The molecule has 0 aromatic carbocycles. The number of aromatic nitrogens is 1. The summed E-state index contributed by atoms with van der Waals surface area (Å²) in [4.78, 5) is 18.3. The number of halogens is 1. The van der Waals surface area contributed by atoms with Gasteiger partial charge in [0.25, 0.3) is 0 Å². The summed E-state index contributed by atoms with van der Waals surface area (Å²) in [6.45, 7) is 4.75. The highest BCUT2D eigenvalue weighted by atomic mass is 79.9. The SMILES string of the molecule is CC1CCN(CC(=O)Nc2cccc(Br)n2)CC1. The minimum Gasteiger partial charge on any atom is -0.310 e. The highest BCUT2D eigenvalue weighted by molar-refractivity contribution is 9.10. The lowest BCUT2D eigenvalue weighted by Crippen LogP contribution is -2.38. The van der Waals surface area contributed by atoms with Crippen LogP contribution in [0.3, 0.4) is 0 Å². The Morgan fingerprint density at radius 2 is 2.22 bits per heavy atom. The first kappa shape index (κ1) is 13.5. The highest BCUT2D eigenvalue weighted by Crippen LogP contribution is 2.16. The molecule has 0 bridgehead atoms. The van der Waals surface area contributed by atoms with E-state index >= 15 is 0 Å². The molecule has 98 valence electrons. The van der Waals surface area contributed by atoms with Crippen LogP contribution in [0.4, 0.5) is 5.82 Å². The number of pyridine rings is 1. The zero-order valence-electron chi connectivity index (χ0n) is 10.5. The Hall–Kier alpha value is -0.940. The number of likely N-dealkylation sites (tertiary alicyclic amines) is 1. The van der Waals surface area contributed by atoms with Gasteiger partial charge in [-0.25, -0.2) is 4.98 Å². The van der Waals surface area contributed by atoms with E-state index in [4.69, 9.17) is 0 Å². The fourth-order valence-corrected chi connectivity index (χ4v) is 2.43. The molecule has 0 aliphatic carbocycles. The molecular weight excluding hydrogens is 294 g/mol. The Labute approximate surface area is 116 Å². The third-order valence-electron chi connectivity index (χ3n) is 3.23. The lowest BCUT2D eigenvalue weighted by molar-refractivity contribution is -0.117.